The van der Waals surface area contributed by atoms with Gasteiger partial charge in [0.15, 0.2) is 11.6 Å². The Labute approximate surface area is 107 Å². The number of hydrogen-bond acceptors (Lipinski definition) is 3. The summed E-state index contributed by atoms with van der Waals surface area (Å²) in [5.41, 5.74) is 0.955. The van der Waals surface area contributed by atoms with Gasteiger partial charge in [0.25, 0.3) is 0 Å². The van der Waals surface area contributed by atoms with E-state index in [2.05, 4.69) is 5.32 Å². The summed E-state index contributed by atoms with van der Waals surface area (Å²) in [6, 6.07) is 5.75. The van der Waals surface area contributed by atoms with Gasteiger partial charge in [0.1, 0.15) is 6.61 Å². The maximum Gasteiger partial charge on any atom is 0.165 e. The van der Waals surface area contributed by atoms with Crippen LogP contribution in [0.4, 0.5) is 4.39 Å². The topological polar surface area (TPSA) is 30.5 Å². The van der Waals surface area contributed by atoms with E-state index in [9.17, 15) is 4.39 Å². The molecule has 0 saturated heterocycles. The highest BCUT2D eigenvalue weighted by atomic mass is 19.1. The maximum absolute atomic E-state index is 13.7. The molecule has 0 aliphatic heterocycles. The van der Waals surface area contributed by atoms with E-state index >= 15 is 0 Å². The molecule has 0 unspecified atom stereocenters. The predicted octanol–water partition coefficient (Wildman–Crippen LogP) is 2.49. The molecule has 18 heavy (non-hydrogen) atoms. The highest BCUT2D eigenvalue weighted by molar-refractivity contribution is 5.29. The van der Waals surface area contributed by atoms with Gasteiger partial charge in [-0.3, -0.25) is 0 Å². The van der Waals surface area contributed by atoms with Crippen LogP contribution >= 0.6 is 0 Å². The molecule has 1 saturated carbocycles. The summed E-state index contributed by atoms with van der Waals surface area (Å²) < 4.78 is 24.2. The van der Waals surface area contributed by atoms with E-state index in [-0.39, 0.29) is 5.82 Å². The van der Waals surface area contributed by atoms with Crippen molar-refractivity contribution < 1.29 is 13.9 Å². The van der Waals surface area contributed by atoms with Crippen LogP contribution in [-0.2, 0) is 11.3 Å². The summed E-state index contributed by atoms with van der Waals surface area (Å²) in [7, 11) is 0. The summed E-state index contributed by atoms with van der Waals surface area (Å²) in [5.74, 6) is -0.00790. The zero-order valence-corrected chi connectivity index (χ0v) is 10.7. The van der Waals surface area contributed by atoms with Gasteiger partial charge in [0.05, 0.1) is 6.61 Å². The van der Waals surface area contributed by atoms with Gasteiger partial charge in [-0.15, -0.1) is 0 Å². The molecule has 100 valence electrons. The molecule has 3 nitrogen and oxygen atoms in total. The summed E-state index contributed by atoms with van der Waals surface area (Å²) >= 11 is 0. The fourth-order valence-electron chi connectivity index (χ4n) is 1.68. The average Bonchev–Trinajstić information content (AvgIpc) is 3.18. The van der Waals surface area contributed by atoms with Crippen LogP contribution in [0.3, 0.4) is 0 Å². The van der Waals surface area contributed by atoms with E-state index in [0.717, 1.165) is 12.1 Å². The highest BCUT2D eigenvalue weighted by Crippen LogP contribution is 2.21. The van der Waals surface area contributed by atoms with Gasteiger partial charge in [-0.05, 0) is 37.5 Å². The van der Waals surface area contributed by atoms with Gasteiger partial charge >= 0.3 is 0 Å². The van der Waals surface area contributed by atoms with Gasteiger partial charge in [0, 0.05) is 19.2 Å². The van der Waals surface area contributed by atoms with Crippen molar-refractivity contribution in [3.05, 3.63) is 29.6 Å². The first-order valence-corrected chi connectivity index (χ1v) is 6.52. The number of nitrogens with one attached hydrogen (secondary N) is 1. The standard InChI is InChI=1S/C14H20FNO2/c1-2-17-7-8-18-14-6-3-11(9-13(14)15)10-16-12-4-5-12/h3,6,9,12,16H,2,4-5,7-8,10H2,1H3. The molecule has 0 amide bonds. The number of halogens is 1. The molecule has 0 heterocycles. The third kappa shape index (κ3) is 4.27. The molecule has 1 aromatic carbocycles. The number of ether oxygens (including phenoxy) is 2. The fraction of sp³-hybridized carbons (Fsp3) is 0.571. The average molecular weight is 253 g/mol. The molecule has 2 rings (SSSR count). The van der Waals surface area contributed by atoms with E-state index in [0.29, 0.717) is 31.6 Å². The van der Waals surface area contributed by atoms with Crippen molar-refractivity contribution >= 4 is 0 Å². The minimum absolute atomic E-state index is 0.296. The minimum atomic E-state index is -0.304. The molecule has 1 aromatic rings. The normalized spacial score (nSPS) is 14.8. The van der Waals surface area contributed by atoms with E-state index in [4.69, 9.17) is 9.47 Å². The van der Waals surface area contributed by atoms with Crippen LogP contribution in [0.25, 0.3) is 0 Å². The first-order chi connectivity index (χ1) is 8.79. The molecular weight excluding hydrogens is 233 g/mol. The Morgan fingerprint density at radius 3 is 2.83 bits per heavy atom. The third-order valence-corrected chi connectivity index (χ3v) is 2.86. The molecule has 0 atom stereocenters. The van der Waals surface area contributed by atoms with Crippen LogP contribution in [0.1, 0.15) is 25.3 Å². The minimum Gasteiger partial charge on any atom is -0.488 e. The Balaban J connectivity index is 1.79. The smallest absolute Gasteiger partial charge is 0.165 e. The lowest BCUT2D eigenvalue weighted by atomic mass is 10.2. The van der Waals surface area contributed by atoms with Crippen LogP contribution in [0.2, 0.25) is 0 Å². The zero-order valence-electron chi connectivity index (χ0n) is 10.7. The molecule has 0 aromatic heterocycles. The highest BCUT2D eigenvalue weighted by Gasteiger charge is 2.20. The van der Waals surface area contributed by atoms with Gasteiger partial charge in [-0.25, -0.2) is 4.39 Å². The molecular formula is C14H20FNO2. The van der Waals surface area contributed by atoms with E-state index in [1.165, 1.54) is 18.9 Å². The molecule has 1 fully saturated rings. The molecule has 1 N–H and O–H groups in total. The van der Waals surface area contributed by atoms with E-state index in [1.807, 2.05) is 13.0 Å². The van der Waals surface area contributed by atoms with Gasteiger partial charge in [0.2, 0.25) is 0 Å². The van der Waals surface area contributed by atoms with Crippen LogP contribution in [0.5, 0.6) is 5.75 Å². The molecule has 4 heteroatoms. The van der Waals surface area contributed by atoms with Crippen LogP contribution in [-0.4, -0.2) is 25.9 Å². The summed E-state index contributed by atoms with van der Waals surface area (Å²) in [5, 5.41) is 3.35. The maximum atomic E-state index is 13.7. The second-order valence-electron chi connectivity index (χ2n) is 4.47. The number of hydrogen-bond donors (Lipinski definition) is 1. The van der Waals surface area contributed by atoms with E-state index < -0.39 is 0 Å². The molecule has 0 bridgehead atoms. The summed E-state index contributed by atoms with van der Waals surface area (Å²) in [4.78, 5) is 0. The Morgan fingerprint density at radius 1 is 1.33 bits per heavy atom. The predicted molar refractivity (Wildman–Crippen MR) is 68.2 cm³/mol. The van der Waals surface area contributed by atoms with Crippen LogP contribution in [0.15, 0.2) is 18.2 Å². The third-order valence-electron chi connectivity index (χ3n) is 2.86. The van der Waals surface area contributed by atoms with Crippen molar-refractivity contribution in [2.45, 2.75) is 32.4 Å². The SMILES string of the molecule is CCOCCOc1ccc(CNC2CC2)cc1F. The van der Waals surface area contributed by atoms with Crippen molar-refractivity contribution in [2.24, 2.45) is 0 Å². The second-order valence-corrected chi connectivity index (χ2v) is 4.47. The Hall–Kier alpha value is -1.13. The first kappa shape index (κ1) is 13.3. The molecule has 0 spiro atoms. The summed E-state index contributed by atoms with van der Waals surface area (Å²) in [6.45, 7) is 4.16. The van der Waals surface area contributed by atoms with Crippen molar-refractivity contribution in [3.63, 3.8) is 0 Å². The Morgan fingerprint density at radius 2 is 2.17 bits per heavy atom. The van der Waals surface area contributed by atoms with Crippen molar-refractivity contribution in [1.29, 1.82) is 0 Å². The zero-order chi connectivity index (χ0) is 12.8. The van der Waals surface area contributed by atoms with Gasteiger partial charge < -0.3 is 14.8 Å². The fourth-order valence-corrected chi connectivity index (χ4v) is 1.68. The molecule has 1 aliphatic carbocycles. The first-order valence-electron chi connectivity index (χ1n) is 6.52. The number of benzene rings is 1. The van der Waals surface area contributed by atoms with Gasteiger partial charge in [-0.2, -0.15) is 0 Å². The summed E-state index contributed by atoms with van der Waals surface area (Å²) in [6.07, 6.45) is 2.47. The lowest BCUT2D eigenvalue weighted by molar-refractivity contribution is 0.108. The molecule has 0 radical (unpaired) electrons. The largest absolute Gasteiger partial charge is 0.488 e. The lowest BCUT2D eigenvalue weighted by Crippen LogP contribution is -2.15. The van der Waals surface area contributed by atoms with Crippen molar-refractivity contribution in [3.8, 4) is 5.75 Å². The van der Waals surface area contributed by atoms with Crippen molar-refractivity contribution in [2.75, 3.05) is 19.8 Å². The number of rotatable bonds is 8. The Kier molecular flexibility index (Phi) is 4.96. The second kappa shape index (κ2) is 6.71. The van der Waals surface area contributed by atoms with Crippen LogP contribution in [0, 0.1) is 5.82 Å². The Bertz CT molecular complexity index is 380. The van der Waals surface area contributed by atoms with Gasteiger partial charge in [-0.1, -0.05) is 6.07 Å². The molecule has 1 aliphatic rings. The quantitative estimate of drug-likeness (QED) is 0.722. The lowest BCUT2D eigenvalue weighted by Gasteiger charge is -2.09. The van der Waals surface area contributed by atoms with E-state index in [1.54, 1.807) is 6.07 Å². The van der Waals surface area contributed by atoms with Crippen molar-refractivity contribution in [1.82, 2.24) is 5.32 Å². The monoisotopic (exact) mass is 253 g/mol. The van der Waals surface area contributed by atoms with Crippen LogP contribution < -0.4 is 10.1 Å².